The number of hydrogen-bond donors (Lipinski definition) is 2. The number of benzene rings is 1. The van der Waals surface area contributed by atoms with E-state index in [1.54, 1.807) is 12.1 Å². The molecule has 1 aromatic rings. The van der Waals surface area contributed by atoms with E-state index in [9.17, 15) is 9.90 Å². The first kappa shape index (κ1) is 15.3. The summed E-state index contributed by atoms with van der Waals surface area (Å²) < 4.78 is 0. The van der Waals surface area contributed by atoms with Crippen LogP contribution in [0.2, 0.25) is 5.02 Å². The zero-order valence-corrected chi connectivity index (χ0v) is 12.4. The maximum Gasteiger partial charge on any atom is 0.238 e. The van der Waals surface area contributed by atoms with Crippen LogP contribution in [0.1, 0.15) is 19.8 Å². The van der Waals surface area contributed by atoms with E-state index in [4.69, 9.17) is 11.6 Å². The van der Waals surface area contributed by atoms with Crippen molar-refractivity contribution in [1.82, 2.24) is 4.90 Å². The monoisotopic (exact) mass is 296 g/mol. The van der Waals surface area contributed by atoms with Crippen molar-refractivity contribution in [1.29, 1.82) is 0 Å². The topological polar surface area (TPSA) is 52.6 Å². The molecule has 0 bridgehead atoms. The summed E-state index contributed by atoms with van der Waals surface area (Å²) in [6.07, 6.45) is 1.75. The fourth-order valence-electron chi connectivity index (χ4n) is 2.60. The summed E-state index contributed by atoms with van der Waals surface area (Å²) in [6, 6.07) is 7.13. The Morgan fingerprint density at radius 2 is 2.40 bits per heavy atom. The molecule has 2 rings (SSSR count). The van der Waals surface area contributed by atoms with E-state index in [-0.39, 0.29) is 17.9 Å². The van der Waals surface area contributed by atoms with Gasteiger partial charge in [-0.3, -0.25) is 9.69 Å². The number of amides is 1. The van der Waals surface area contributed by atoms with Crippen LogP contribution in [0, 0.1) is 5.92 Å². The average molecular weight is 297 g/mol. The number of aliphatic hydroxyl groups excluding tert-OH is 1. The molecule has 1 aliphatic rings. The highest BCUT2D eigenvalue weighted by atomic mass is 35.5. The molecule has 110 valence electrons. The van der Waals surface area contributed by atoms with Gasteiger partial charge < -0.3 is 10.4 Å². The molecule has 1 aliphatic heterocycles. The van der Waals surface area contributed by atoms with Crippen LogP contribution >= 0.6 is 11.6 Å². The second-order valence-corrected chi connectivity index (χ2v) is 5.87. The van der Waals surface area contributed by atoms with E-state index < -0.39 is 0 Å². The van der Waals surface area contributed by atoms with Crippen molar-refractivity contribution in [3.05, 3.63) is 29.3 Å². The summed E-state index contributed by atoms with van der Waals surface area (Å²) in [5.74, 6) is 0.223. The fraction of sp³-hybridized carbons (Fsp3) is 0.533. The second kappa shape index (κ2) is 7.07. The highest BCUT2D eigenvalue weighted by Crippen LogP contribution is 2.20. The molecule has 0 aromatic heterocycles. The lowest BCUT2D eigenvalue weighted by Crippen LogP contribution is -2.43. The second-order valence-electron chi connectivity index (χ2n) is 5.44. The molecule has 0 spiro atoms. The van der Waals surface area contributed by atoms with Crippen LogP contribution < -0.4 is 5.32 Å². The molecule has 1 heterocycles. The van der Waals surface area contributed by atoms with Crippen molar-refractivity contribution in [2.75, 3.05) is 25.0 Å². The predicted molar refractivity (Wildman–Crippen MR) is 80.9 cm³/mol. The van der Waals surface area contributed by atoms with Gasteiger partial charge in [0.1, 0.15) is 0 Å². The first-order valence-electron chi connectivity index (χ1n) is 7.00. The molecule has 2 N–H and O–H groups in total. The Balaban J connectivity index is 1.85. The van der Waals surface area contributed by atoms with Gasteiger partial charge in [-0.05, 0) is 50.4 Å². The van der Waals surface area contributed by atoms with Crippen LogP contribution in [0.5, 0.6) is 0 Å². The molecule has 0 saturated carbocycles. The first-order valence-corrected chi connectivity index (χ1v) is 7.38. The Kier molecular flexibility index (Phi) is 5.40. The zero-order valence-electron chi connectivity index (χ0n) is 11.7. The van der Waals surface area contributed by atoms with Gasteiger partial charge in [0.05, 0.1) is 12.6 Å². The van der Waals surface area contributed by atoms with Gasteiger partial charge in [-0.15, -0.1) is 0 Å². The standard InChI is InChI=1S/C15H21ClN2O2/c1-11(19)12-4-3-7-18(9-12)10-15(20)17-14-6-2-5-13(16)8-14/h2,5-6,8,11-12,19H,3-4,7,9-10H2,1H3,(H,17,20). The van der Waals surface area contributed by atoms with Crippen LogP contribution in [0.3, 0.4) is 0 Å². The highest BCUT2D eigenvalue weighted by molar-refractivity contribution is 6.30. The van der Waals surface area contributed by atoms with Gasteiger partial charge in [0, 0.05) is 17.3 Å². The van der Waals surface area contributed by atoms with Crippen LogP contribution in [0.25, 0.3) is 0 Å². The Hall–Kier alpha value is -1.10. The molecule has 1 fully saturated rings. The summed E-state index contributed by atoms with van der Waals surface area (Å²) in [6.45, 7) is 3.86. The molecule has 0 radical (unpaired) electrons. The van der Waals surface area contributed by atoms with Gasteiger partial charge in [0.25, 0.3) is 0 Å². The van der Waals surface area contributed by atoms with Gasteiger partial charge >= 0.3 is 0 Å². The molecule has 1 amide bonds. The fourth-order valence-corrected chi connectivity index (χ4v) is 2.79. The summed E-state index contributed by atoms with van der Waals surface area (Å²) in [4.78, 5) is 14.1. The van der Waals surface area contributed by atoms with Gasteiger partial charge in [-0.1, -0.05) is 17.7 Å². The first-order chi connectivity index (χ1) is 9.54. The number of nitrogens with one attached hydrogen (secondary N) is 1. The number of piperidine rings is 1. The Labute approximate surface area is 124 Å². The summed E-state index contributed by atoms with van der Waals surface area (Å²) in [5.41, 5.74) is 0.714. The van der Waals surface area contributed by atoms with Crippen LogP contribution in [0.4, 0.5) is 5.69 Å². The molecule has 5 heteroatoms. The number of hydrogen-bond acceptors (Lipinski definition) is 3. The van der Waals surface area contributed by atoms with Crippen molar-refractivity contribution < 1.29 is 9.90 Å². The Morgan fingerprint density at radius 1 is 1.60 bits per heavy atom. The molecule has 1 aromatic carbocycles. The SMILES string of the molecule is CC(O)C1CCCN(CC(=O)Nc2cccc(Cl)c2)C1. The molecule has 20 heavy (non-hydrogen) atoms. The van der Waals surface area contributed by atoms with Gasteiger partial charge in [-0.2, -0.15) is 0 Å². The van der Waals surface area contributed by atoms with Crippen LogP contribution in [-0.2, 0) is 4.79 Å². The zero-order chi connectivity index (χ0) is 14.5. The maximum absolute atomic E-state index is 12.0. The molecule has 2 unspecified atom stereocenters. The van der Waals surface area contributed by atoms with Crippen molar-refractivity contribution in [3.63, 3.8) is 0 Å². The molecular formula is C15H21ClN2O2. The van der Waals surface area contributed by atoms with E-state index in [1.165, 1.54) is 0 Å². The third-order valence-corrected chi connectivity index (χ3v) is 3.93. The van der Waals surface area contributed by atoms with E-state index >= 15 is 0 Å². The number of anilines is 1. The van der Waals surface area contributed by atoms with Crippen molar-refractivity contribution in [2.45, 2.75) is 25.9 Å². The Morgan fingerprint density at radius 3 is 3.10 bits per heavy atom. The third kappa shape index (κ3) is 4.47. The molecule has 0 aliphatic carbocycles. The summed E-state index contributed by atoms with van der Waals surface area (Å²) in [5, 5.41) is 13.1. The minimum Gasteiger partial charge on any atom is -0.393 e. The van der Waals surface area contributed by atoms with E-state index in [1.807, 2.05) is 19.1 Å². The minimum atomic E-state index is -0.311. The number of carbonyl (C=O) groups excluding carboxylic acids is 1. The van der Waals surface area contributed by atoms with Crippen LogP contribution in [-0.4, -0.2) is 41.7 Å². The minimum absolute atomic E-state index is 0.0430. The molecule has 2 atom stereocenters. The van der Waals surface area contributed by atoms with E-state index in [2.05, 4.69) is 10.2 Å². The van der Waals surface area contributed by atoms with Crippen molar-refractivity contribution in [3.8, 4) is 0 Å². The quantitative estimate of drug-likeness (QED) is 0.897. The van der Waals surface area contributed by atoms with Crippen molar-refractivity contribution >= 4 is 23.2 Å². The molecule has 4 nitrogen and oxygen atoms in total. The third-order valence-electron chi connectivity index (χ3n) is 3.70. The Bertz CT molecular complexity index is 465. The lowest BCUT2D eigenvalue weighted by Gasteiger charge is -2.33. The predicted octanol–water partition coefficient (Wildman–Crippen LogP) is 2.37. The summed E-state index contributed by atoms with van der Waals surface area (Å²) in [7, 11) is 0. The normalized spacial score (nSPS) is 21.4. The smallest absolute Gasteiger partial charge is 0.238 e. The molecule has 1 saturated heterocycles. The number of aliphatic hydroxyl groups is 1. The van der Waals surface area contributed by atoms with Gasteiger partial charge in [0.2, 0.25) is 5.91 Å². The average Bonchev–Trinajstić information content (AvgIpc) is 2.38. The molecular weight excluding hydrogens is 276 g/mol. The summed E-state index contributed by atoms with van der Waals surface area (Å²) >= 11 is 5.88. The van der Waals surface area contributed by atoms with E-state index in [0.717, 1.165) is 25.9 Å². The number of halogens is 1. The van der Waals surface area contributed by atoms with Crippen LogP contribution in [0.15, 0.2) is 24.3 Å². The number of likely N-dealkylation sites (tertiary alicyclic amines) is 1. The van der Waals surface area contributed by atoms with Gasteiger partial charge in [-0.25, -0.2) is 0 Å². The maximum atomic E-state index is 12.0. The van der Waals surface area contributed by atoms with E-state index in [0.29, 0.717) is 17.3 Å². The van der Waals surface area contributed by atoms with Crippen molar-refractivity contribution in [2.24, 2.45) is 5.92 Å². The largest absolute Gasteiger partial charge is 0.393 e. The number of rotatable bonds is 4. The lowest BCUT2D eigenvalue weighted by atomic mass is 9.93. The highest BCUT2D eigenvalue weighted by Gasteiger charge is 2.24. The lowest BCUT2D eigenvalue weighted by molar-refractivity contribution is -0.118. The number of carbonyl (C=O) groups is 1. The van der Waals surface area contributed by atoms with Gasteiger partial charge in [0.15, 0.2) is 0 Å². The number of nitrogens with zero attached hydrogens (tertiary/aromatic N) is 1.